The van der Waals surface area contributed by atoms with Crippen molar-refractivity contribution in [2.24, 2.45) is 0 Å². The summed E-state index contributed by atoms with van der Waals surface area (Å²) in [5.41, 5.74) is 3.74. The molecule has 1 aliphatic carbocycles. The number of nitrogens with one attached hydrogen (secondary N) is 2. The second kappa shape index (κ2) is 10.9. The molecule has 1 aliphatic rings. The van der Waals surface area contributed by atoms with Crippen LogP contribution in [0.1, 0.15) is 65.4 Å². The van der Waals surface area contributed by atoms with E-state index in [0.717, 1.165) is 16.3 Å². The lowest BCUT2D eigenvalue weighted by Crippen LogP contribution is -2.27. The van der Waals surface area contributed by atoms with E-state index in [1.54, 1.807) is 12.1 Å². The second-order valence-corrected chi connectivity index (χ2v) is 9.89. The molecule has 2 aromatic carbocycles. The number of benzene rings is 2. The molecule has 0 spiro atoms. The van der Waals surface area contributed by atoms with Crippen LogP contribution in [0, 0.1) is 6.92 Å². The average molecular weight is 482 g/mol. The number of halogens is 1. The smallest absolute Gasteiger partial charge is 0.263 e. The first-order valence-electron chi connectivity index (χ1n) is 11.4. The molecule has 0 atom stereocenters. The van der Waals surface area contributed by atoms with E-state index in [1.165, 1.54) is 49.0 Å². The van der Waals surface area contributed by atoms with E-state index >= 15 is 0 Å². The topological polar surface area (TPSA) is 71.1 Å². The fourth-order valence-electron chi connectivity index (χ4n) is 4.19. The highest BCUT2D eigenvalue weighted by molar-refractivity contribution is 7.17. The molecule has 3 aromatic rings. The standard InChI is InChI=1S/C26H28ClN3O2S/c1-17-24(33-26(29-17)20-7-11-21(27)12-8-20)25(32)28-16-15-23(31)30-22-13-9-19(10-14-22)18-5-3-2-4-6-18/h7-14,18H,2-6,15-16H2,1H3,(H,28,32)(H,30,31). The zero-order valence-corrected chi connectivity index (χ0v) is 20.3. The minimum absolute atomic E-state index is 0.122. The molecule has 0 unspecified atom stereocenters. The first-order valence-corrected chi connectivity index (χ1v) is 12.6. The number of carbonyl (C=O) groups is 2. The van der Waals surface area contributed by atoms with Gasteiger partial charge in [-0.15, -0.1) is 11.3 Å². The van der Waals surface area contributed by atoms with Gasteiger partial charge in [0.2, 0.25) is 5.91 Å². The van der Waals surface area contributed by atoms with E-state index < -0.39 is 0 Å². The summed E-state index contributed by atoms with van der Waals surface area (Å²) < 4.78 is 0. The Labute approximate surface area is 203 Å². The van der Waals surface area contributed by atoms with Gasteiger partial charge in [0, 0.05) is 29.2 Å². The normalized spacial score (nSPS) is 14.1. The summed E-state index contributed by atoms with van der Waals surface area (Å²) in [6, 6.07) is 15.6. The number of aromatic nitrogens is 1. The number of hydrogen-bond acceptors (Lipinski definition) is 4. The Morgan fingerprint density at radius 1 is 1.03 bits per heavy atom. The number of amides is 2. The molecule has 2 N–H and O–H groups in total. The summed E-state index contributed by atoms with van der Waals surface area (Å²) in [5.74, 6) is 0.313. The Kier molecular flexibility index (Phi) is 7.78. The number of aryl methyl sites for hydroxylation is 1. The van der Waals surface area contributed by atoms with Crippen molar-refractivity contribution in [1.29, 1.82) is 0 Å². The number of carbonyl (C=O) groups excluding carboxylic acids is 2. The largest absolute Gasteiger partial charge is 0.351 e. The molecular weight excluding hydrogens is 454 g/mol. The molecule has 1 fully saturated rings. The van der Waals surface area contributed by atoms with Crippen molar-refractivity contribution in [2.75, 3.05) is 11.9 Å². The summed E-state index contributed by atoms with van der Waals surface area (Å²) in [6.07, 6.45) is 6.67. The van der Waals surface area contributed by atoms with Gasteiger partial charge in [-0.1, -0.05) is 55.1 Å². The molecule has 172 valence electrons. The zero-order chi connectivity index (χ0) is 23.2. The van der Waals surface area contributed by atoms with Crippen LogP contribution in [0.2, 0.25) is 5.02 Å². The van der Waals surface area contributed by atoms with Gasteiger partial charge < -0.3 is 10.6 Å². The van der Waals surface area contributed by atoms with E-state index in [0.29, 0.717) is 21.5 Å². The minimum atomic E-state index is -0.213. The van der Waals surface area contributed by atoms with Crippen molar-refractivity contribution in [3.05, 3.63) is 69.7 Å². The number of nitrogens with zero attached hydrogens (tertiary/aromatic N) is 1. The first kappa shape index (κ1) is 23.5. The van der Waals surface area contributed by atoms with E-state index in [-0.39, 0.29) is 24.8 Å². The van der Waals surface area contributed by atoms with Gasteiger partial charge in [-0.25, -0.2) is 4.98 Å². The van der Waals surface area contributed by atoms with Crippen molar-refractivity contribution < 1.29 is 9.59 Å². The van der Waals surface area contributed by atoms with Crippen LogP contribution in [0.25, 0.3) is 10.6 Å². The Morgan fingerprint density at radius 3 is 2.42 bits per heavy atom. The molecule has 1 heterocycles. The number of hydrogen-bond donors (Lipinski definition) is 2. The molecule has 1 saturated carbocycles. The highest BCUT2D eigenvalue weighted by atomic mass is 35.5. The second-order valence-electron chi connectivity index (χ2n) is 8.45. The molecule has 0 radical (unpaired) electrons. The van der Waals surface area contributed by atoms with Gasteiger partial charge in [-0.05, 0) is 55.5 Å². The van der Waals surface area contributed by atoms with Gasteiger partial charge in [0.25, 0.3) is 5.91 Å². The average Bonchev–Trinajstić information content (AvgIpc) is 3.22. The van der Waals surface area contributed by atoms with Crippen LogP contribution in [0.5, 0.6) is 0 Å². The van der Waals surface area contributed by atoms with Crippen molar-refractivity contribution in [3.63, 3.8) is 0 Å². The van der Waals surface area contributed by atoms with Crippen molar-refractivity contribution >= 4 is 40.4 Å². The van der Waals surface area contributed by atoms with Crippen LogP contribution in [-0.4, -0.2) is 23.3 Å². The van der Waals surface area contributed by atoms with Crippen molar-refractivity contribution in [2.45, 2.75) is 51.4 Å². The van der Waals surface area contributed by atoms with Crippen LogP contribution in [-0.2, 0) is 4.79 Å². The van der Waals surface area contributed by atoms with Gasteiger partial charge in [-0.3, -0.25) is 9.59 Å². The summed E-state index contributed by atoms with van der Waals surface area (Å²) in [7, 11) is 0. The Bertz CT molecular complexity index is 1100. The third kappa shape index (κ3) is 6.21. The van der Waals surface area contributed by atoms with Crippen LogP contribution < -0.4 is 10.6 Å². The van der Waals surface area contributed by atoms with Crippen LogP contribution in [0.15, 0.2) is 48.5 Å². The molecular formula is C26H28ClN3O2S. The highest BCUT2D eigenvalue weighted by Gasteiger charge is 2.17. The highest BCUT2D eigenvalue weighted by Crippen LogP contribution is 2.33. The van der Waals surface area contributed by atoms with Gasteiger partial charge in [-0.2, -0.15) is 0 Å². The molecule has 5 nitrogen and oxygen atoms in total. The molecule has 33 heavy (non-hydrogen) atoms. The van der Waals surface area contributed by atoms with Crippen molar-refractivity contribution in [1.82, 2.24) is 10.3 Å². The third-order valence-electron chi connectivity index (χ3n) is 6.00. The lowest BCUT2D eigenvalue weighted by Gasteiger charge is -2.22. The SMILES string of the molecule is Cc1nc(-c2ccc(Cl)cc2)sc1C(=O)NCCC(=O)Nc1ccc(C2CCCCC2)cc1. The third-order valence-corrected chi connectivity index (χ3v) is 7.46. The fourth-order valence-corrected chi connectivity index (χ4v) is 5.30. The fraction of sp³-hybridized carbons (Fsp3) is 0.346. The Hall–Kier alpha value is -2.70. The summed E-state index contributed by atoms with van der Waals surface area (Å²) in [5, 5.41) is 7.17. The maximum absolute atomic E-state index is 12.6. The molecule has 0 aliphatic heterocycles. The van der Waals surface area contributed by atoms with Gasteiger partial charge in [0.15, 0.2) is 0 Å². The summed E-state index contributed by atoms with van der Waals surface area (Å²) >= 11 is 7.28. The predicted octanol–water partition coefficient (Wildman–Crippen LogP) is 6.58. The quantitative estimate of drug-likeness (QED) is 0.400. The Balaban J connectivity index is 1.25. The van der Waals surface area contributed by atoms with Crippen LogP contribution in [0.3, 0.4) is 0 Å². The molecule has 7 heteroatoms. The minimum Gasteiger partial charge on any atom is -0.351 e. The van der Waals surface area contributed by atoms with Crippen LogP contribution >= 0.6 is 22.9 Å². The number of rotatable bonds is 7. The van der Waals surface area contributed by atoms with Crippen molar-refractivity contribution in [3.8, 4) is 10.6 Å². The van der Waals surface area contributed by atoms with Gasteiger partial charge in [0.05, 0.1) is 5.69 Å². The predicted molar refractivity (Wildman–Crippen MR) is 135 cm³/mol. The number of anilines is 1. The Morgan fingerprint density at radius 2 is 1.73 bits per heavy atom. The molecule has 4 rings (SSSR count). The lowest BCUT2D eigenvalue weighted by atomic mass is 9.84. The first-order chi connectivity index (χ1) is 16.0. The van der Waals surface area contributed by atoms with E-state index in [2.05, 4.69) is 27.8 Å². The van der Waals surface area contributed by atoms with E-state index in [4.69, 9.17) is 11.6 Å². The summed E-state index contributed by atoms with van der Waals surface area (Å²) in [4.78, 5) is 30.0. The summed E-state index contributed by atoms with van der Waals surface area (Å²) in [6.45, 7) is 2.08. The zero-order valence-electron chi connectivity index (χ0n) is 18.7. The maximum atomic E-state index is 12.6. The van der Waals surface area contributed by atoms with Crippen LogP contribution in [0.4, 0.5) is 5.69 Å². The molecule has 0 saturated heterocycles. The molecule has 2 amide bonds. The van der Waals surface area contributed by atoms with Gasteiger partial charge >= 0.3 is 0 Å². The maximum Gasteiger partial charge on any atom is 0.263 e. The lowest BCUT2D eigenvalue weighted by molar-refractivity contribution is -0.116. The molecule has 1 aromatic heterocycles. The van der Waals surface area contributed by atoms with E-state index in [1.807, 2.05) is 31.2 Å². The monoisotopic (exact) mass is 481 g/mol. The number of thiazole rings is 1. The molecule has 0 bridgehead atoms. The van der Waals surface area contributed by atoms with E-state index in [9.17, 15) is 9.59 Å². The van der Waals surface area contributed by atoms with Gasteiger partial charge in [0.1, 0.15) is 9.88 Å².